The Kier molecular flexibility index (Phi) is 9.74. The zero-order valence-electron chi connectivity index (χ0n) is 29.6. The monoisotopic (exact) mass is 693 g/mol. The summed E-state index contributed by atoms with van der Waals surface area (Å²) in [7, 11) is -2.15. The van der Waals surface area contributed by atoms with Gasteiger partial charge in [0.05, 0.1) is 29.7 Å². The molecule has 0 fully saturated rings. The standard InChI is InChI=1S/C36H45F2N5O5Si/c1-11-46-29(44)20-42-27-18-26(30-23(32(42)45)13-12-14-28(30)47-34(37)38)43-25-17-22(15-16-24(25)41-31(27)43)21(2)19-40-33(39-8)36(6,7)48-49(9,10)35(3,4)5/h12-17,19,26-27,34H,8,11,18,20H2,1-7,9-10H3/b21-19+,40-33?/t26-,27-/m1/s1. The van der Waals surface area contributed by atoms with Gasteiger partial charge in [0.2, 0.25) is 0 Å². The first-order valence-corrected chi connectivity index (χ1v) is 19.3. The lowest BCUT2D eigenvalue weighted by Gasteiger charge is -2.42. The number of alkyl halides is 2. The number of rotatable bonds is 10. The second-order valence-corrected chi connectivity index (χ2v) is 19.2. The number of hydrogen-bond donors (Lipinski definition) is 0. The number of imidazole rings is 1. The second kappa shape index (κ2) is 13.2. The molecule has 3 heterocycles. The number of benzene rings is 2. The van der Waals surface area contributed by atoms with Crippen LogP contribution in [0.25, 0.3) is 16.6 Å². The minimum Gasteiger partial charge on any atom is -0.465 e. The number of allylic oxidation sites excluding steroid dienone is 1. The molecule has 10 nitrogen and oxygen atoms in total. The van der Waals surface area contributed by atoms with Crippen LogP contribution < -0.4 is 4.74 Å². The molecule has 13 heteroatoms. The van der Waals surface area contributed by atoms with Gasteiger partial charge < -0.3 is 23.4 Å². The normalized spacial score (nSPS) is 18.4. The van der Waals surface area contributed by atoms with Crippen LogP contribution in [-0.4, -0.2) is 72.6 Å². The van der Waals surface area contributed by atoms with E-state index in [1.165, 1.54) is 17.0 Å². The quantitative estimate of drug-likeness (QED) is 0.0924. The van der Waals surface area contributed by atoms with Crippen molar-refractivity contribution >= 4 is 49.4 Å². The Morgan fingerprint density at radius 1 is 1.16 bits per heavy atom. The van der Waals surface area contributed by atoms with E-state index in [2.05, 4.69) is 45.6 Å². The molecular weight excluding hydrogens is 649 g/mol. The van der Waals surface area contributed by atoms with Crippen LogP contribution in [0.15, 0.2) is 52.6 Å². The Hall–Kier alpha value is -4.23. The number of ether oxygens (including phenoxy) is 2. The minimum atomic E-state index is -3.09. The average Bonchev–Trinajstić information content (AvgIpc) is 3.52. The molecule has 262 valence electrons. The first kappa shape index (κ1) is 36.1. The zero-order chi connectivity index (χ0) is 36.1. The molecule has 2 atom stereocenters. The van der Waals surface area contributed by atoms with E-state index >= 15 is 0 Å². The smallest absolute Gasteiger partial charge is 0.387 e. The number of esters is 1. The first-order valence-electron chi connectivity index (χ1n) is 16.4. The topological polar surface area (TPSA) is 108 Å². The number of amidine groups is 1. The lowest BCUT2D eigenvalue weighted by molar-refractivity contribution is -0.144. The van der Waals surface area contributed by atoms with Crippen LogP contribution in [0.2, 0.25) is 18.1 Å². The maximum absolute atomic E-state index is 13.9. The highest BCUT2D eigenvalue weighted by molar-refractivity contribution is 6.74. The largest absolute Gasteiger partial charge is 0.465 e. The molecule has 0 N–H and O–H groups in total. The fourth-order valence-corrected chi connectivity index (χ4v) is 8.08. The van der Waals surface area contributed by atoms with Gasteiger partial charge in [0.15, 0.2) is 14.2 Å². The molecule has 5 rings (SSSR count). The molecule has 3 aromatic rings. The predicted octanol–water partition coefficient (Wildman–Crippen LogP) is 7.95. The molecule has 1 amide bonds. The maximum atomic E-state index is 13.9. The average molecular weight is 694 g/mol. The number of carbonyl (C=O) groups excluding carboxylic acids is 2. The van der Waals surface area contributed by atoms with Gasteiger partial charge in [-0.25, -0.2) is 15.0 Å². The third kappa shape index (κ3) is 6.83. The van der Waals surface area contributed by atoms with Gasteiger partial charge in [0, 0.05) is 23.7 Å². The molecule has 0 saturated heterocycles. The Labute approximate surface area is 287 Å². The van der Waals surface area contributed by atoms with Crippen molar-refractivity contribution in [3.05, 3.63) is 65.1 Å². The summed E-state index contributed by atoms with van der Waals surface area (Å²) in [5.74, 6) is -0.124. The summed E-state index contributed by atoms with van der Waals surface area (Å²) >= 11 is 0. The first-order chi connectivity index (χ1) is 22.9. The molecule has 0 radical (unpaired) electrons. The van der Waals surface area contributed by atoms with Gasteiger partial charge in [-0.15, -0.1) is 0 Å². The van der Waals surface area contributed by atoms with Crippen LogP contribution in [0.3, 0.4) is 0 Å². The molecule has 2 aromatic carbocycles. The summed E-state index contributed by atoms with van der Waals surface area (Å²) in [5.41, 5.74) is 2.82. The highest BCUT2D eigenvalue weighted by Gasteiger charge is 2.47. The lowest BCUT2D eigenvalue weighted by atomic mass is 9.97. The molecule has 2 aliphatic rings. The molecule has 0 unspecified atom stereocenters. The van der Waals surface area contributed by atoms with Crippen molar-refractivity contribution in [2.75, 3.05) is 13.2 Å². The van der Waals surface area contributed by atoms with Crippen molar-refractivity contribution in [2.24, 2.45) is 9.98 Å². The lowest BCUT2D eigenvalue weighted by Crippen LogP contribution is -2.50. The van der Waals surface area contributed by atoms with Crippen LogP contribution >= 0.6 is 0 Å². The molecule has 49 heavy (non-hydrogen) atoms. The Balaban J connectivity index is 1.60. The van der Waals surface area contributed by atoms with Gasteiger partial charge in [-0.3, -0.25) is 9.59 Å². The van der Waals surface area contributed by atoms with Crippen molar-refractivity contribution in [3.63, 3.8) is 0 Å². The van der Waals surface area contributed by atoms with Gasteiger partial charge in [-0.2, -0.15) is 8.78 Å². The number of fused-ring (bicyclic) bond motifs is 9. The molecular formula is C36H45F2N5O5Si. The predicted molar refractivity (Wildman–Crippen MR) is 189 cm³/mol. The van der Waals surface area contributed by atoms with Crippen LogP contribution in [-0.2, 0) is 14.0 Å². The Morgan fingerprint density at radius 2 is 1.88 bits per heavy atom. The second-order valence-electron chi connectivity index (χ2n) is 14.4. The summed E-state index contributed by atoms with van der Waals surface area (Å²) in [6.07, 6.45) is 2.05. The third-order valence-corrected chi connectivity index (χ3v) is 14.3. The highest BCUT2D eigenvalue weighted by atomic mass is 28.4. The third-order valence-electron chi connectivity index (χ3n) is 9.70. The van der Waals surface area contributed by atoms with Gasteiger partial charge in [-0.1, -0.05) is 32.9 Å². The molecule has 1 aromatic heterocycles. The number of hydrogen-bond acceptors (Lipinski definition) is 7. The van der Waals surface area contributed by atoms with Crippen LogP contribution in [0.5, 0.6) is 5.75 Å². The fraction of sp³-hybridized carbons (Fsp3) is 0.472. The Bertz CT molecular complexity index is 1860. The summed E-state index contributed by atoms with van der Waals surface area (Å²) < 4.78 is 46.0. The summed E-state index contributed by atoms with van der Waals surface area (Å²) in [6, 6.07) is 9.12. The molecule has 0 aliphatic carbocycles. The van der Waals surface area contributed by atoms with E-state index in [0.717, 1.165) is 16.7 Å². The van der Waals surface area contributed by atoms with E-state index < -0.39 is 44.5 Å². The van der Waals surface area contributed by atoms with Crippen LogP contribution in [0.4, 0.5) is 8.78 Å². The highest BCUT2D eigenvalue weighted by Crippen LogP contribution is 2.50. The van der Waals surface area contributed by atoms with Crippen molar-refractivity contribution in [1.29, 1.82) is 0 Å². The van der Waals surface area contributed by atoms with Crippen molar-refractivity contribution in [2.45, 2.75) is 97.3 Å². The van der Waals surface area contributed by atoms with E-state index in [-0.39, 0.29) is 29.5 Å². The summed E-state index contributed by atoms with van der Waals surface area (Å²) in [4.78, 5) is 41.9. The van der Waals surface area contributed by atoms with Crippen LogP contribution in [0, 0.1) is 0 Å². The minimum absolute atomic E-state index is 0.00342. The van der Waals surface area contributed by atoms with E-state index in [4.69, 9.17) is 23.9 Å². The number of carbonyl (C=O) groups is 2. The van der Waals surface area contributed by atoms with Gasteiger partial charge in [0.25, 0.3) is 5.91 Å². The maximum Gasteiger partial charge on any atom is 0.387 e. The summed E-state index contributed by atoms with van der Waals surface area (Å²) in [5, 5.41) is -0.00342. The van der Waals surface area contributed by atoms with E-state index in [0.29, 0.717) is 29.2 Å². The van der Waals surface area contributed by atoms with E-state index in [1.807, 2.05) is 43.5 Å². The molecule has 2 bridgehead atoms. The number of aliphatic imine (C=N–C) groups is 2. The zero-order valence-corrected chi connectivity index (χ0v) is 30.6. The number of aromatic nitrogens is 2. The molecule has 0 spiro atoms. The van der Waals surface area contributed by atoms with Crippen molar-refractivity contribution in [3.8, 4) is 5.75 Å². The van der Waals surface area contributed by atoms with E-state index in [9.17, 15) is 18.4 Å². The van der Waals surface area contributed by atoms with Gasteiger partial charge in [-0.05, 0) is 87.9 Å². The molecule has 0 saturated carbocycles. The molecule has 2 aliphatic heterocycles. The number of nitrogens with zero attached hydrogens (tertiary/aromatic N) is 5. The van der Waals surface area contributed by atoms with Crippen molar-refractivity contribution in [1.82, 2.24) is 14.5 Å². The summed E-state index contributed by atoms with van der Waals surface area (Å²) in [6.45, 7) is 18.9. The van der Waals surface area contributed by atoms with Crippen LogP contribution in [0.1, 0.15) is 94.3 Å². The number of amides is 1. The van der Waals surface area contributed by atoms with Gasteiger partial charge in [0.1, 0.15) is 23.7 Å². The van der Waals surface area contributed by atoms with Gasteiger partial charge >= 0.3 is 12.6 Å². The SMILES string of the molecule is C=NC(=N/C=C(\C)c1ccc2nc3n(c2c1)[C@@H]1C[C@H]3N(CC(=O)OCC)C(=O)c2cccc(OC(F)F)c21)C(C)(C)O[Si](C)(C)C(C)(C)C. The number of halogens is 2. The Morgan fingerprint density at radius 3 is 2.51 bits per heavy atom. The van der Waals surface area contributed by atoms with Crippen molar-refractivity contribution < 1.29 is 32.3 Å². The fourth-order valence-electron chi connectivity index (χ4n) is 6.41. The van der Waals surface area contributed by atoms with E-state index in [1.54, 1.807) is 19.2 Å².